The summed E-state index contributed by atoms with van der Waals surface area (Å²) in [6.45, 7) is 2.04. The van der Waals surface area contributed by atoms with Crippen molar-refractivity contribution in [1.82, 2.24) is 5.43 Å². The van der Waals surface area contributed by atoms with Gasteiger partial charge < -0.3 is 10.5 Å². The molecule has 0 bridgehead atoms. The fraction of sp³-hybridized carbons (Fsp3) is 0.778. The van der Waals surface area contributed by atoms with Crippen LogP contribution in [0.1, 0.15) is 39.0 Å². The van der Waals surface area contributed by atoms with Gasteiger partial charge in [0.25, 0.3) is 0 Å². The summed E-state index contributed by atoms with van der Waals surface area (Å²) in [7, 11) is 0. The molecule has 1 aliphatic carbocycles. The van der Waals surface area contributed by atoms with Gasteiger partial charge in [0.05, 0.1) is 0 Å². The van der Waals surface area contributed by atoms with Crippen LogP contribution in [0.3, 0.4) is 0 Å². The van der Waals surface area contributed by atoms with E-state index in [1.54, 1.807) is 0 Å². The summed E-state index contributed by atoms with van der Waals surface area (Å²) >= 11 is 0. The van der Waals surface area contributed by atoms with Gasteiger partial charge >= 0.3 is 5.97 Å². The third-order valence-corrected chi connectivity index (χ3v) is 1.97. The SMILES string of the molecule is CCCC/C(=N\NC1CC1)C(=O)O. The molecule has 1 rings (SSSR count). The molecule has 0 amide bonds. The van der Waals surface area contributed by atoms with Crippen LogP contribution in [-0.4, -0.2) is 22.8 Å². The van der Waals surface area contributed by atoms with Gasteiger partial charge in [-0.3, -0.25) is 0 Å². The molecule has 74 valence electrons. The Morgan fingerprint density at radius 3 is 2.77 bits per heavy atom. The minimum Gasteiger partial charge on any atom is -0.477 e. The maximum atomic E-state index is 10.7. The number of carboxylic acids is 1. The Bertz CT molecular complexity index is 210. The Morgan fingerprint density at radius 2 is 2.31 bits per heavy atom. The van der Waals surface area contributed by atoms with Crippen molar-refractivity contribution in [3.8, 4) is 0 Å². The second-order valence-corrected chi connectivity index (χ2v) is 3.37. The van der Waals surface area contributed by atoms with Crippen LogP contribution in [0, 0.1) is 0 Å². The van der Waals surface area contributed by atoms with E-state index in [9.17, 15) is 4.79 Å². The van der Waals surface area contributed by atoms with Crippen LogP contribution in [0.4, 0.5) is 0 Å². The molecule has 4 nitrogen and oxygen atoms in total. The Hall–Kier alpha value is -1.06. The van der Waals surface area contributed by atoms with Gasteiger partial charge in [-0.1, -0.05) is 13.3 Å². The van der Waals surface area contributed by atoms with Crippen molar-refractivity contribution < 1.29 is 9.90 Å². The second kappa shape index (κ2) is 4.84. The Morgan fingerprint density at radius 1 is 1.62 bits per heavy atom. The van der Waals surface area contributed by atoms with Crippen LogP contribution in [-0.2, 0) is 4.79 Å². The Balaban J connectivity index is 2.34. The molecule has 2 N–H and O–H groups in total. The summed E-state index contributed by atoms with van der Waals surface area (Å²) < 4.78 is 0. The van der Waals surface area contributed by atoms with Crippen molar-refractivity contribution >= 4 is 11.7 Å². The topological polar surface area (TPSA) is 61.7 Å². The van der Waals surface area contributed by atoms with Crippen molar-refractivity contribution in [2.45, 2.75) is 45.1 Å². The zero-order valence-electron chi connectivity index (χ0n) is 7.92. The zero-order valence-corrected chi connectivity index (χ0v) is 7.92. The number of nitrogens with one attached hydrogen (secondary N) is 1. The molecule has 0 aromatic heterocycles. The predicted molar refractivity (Wildman–Crippen MR) is 50.8 cm³/mol. The number of aliphatic carboxylic acids is 1. The van der Waals surface area contributed by atoms with Crippen LogP contribution in [0.25, 0.3) is 0 Å². The molecule has 1 saturated carbocycles. The average Bonchev–Trinajstić information content (AvgIpc) is 2.87. The highest BCUT2D eigenvalue weighted by molar-refractivity contribution is 6.35. The van der Waals surface area contributed by atoms with Crippen LogP contribution in [0.15, 0.2) is 5.10 Å². The van der Waals surface area contributed by atoms with Crippen molar-refractivity contribution in [3.63, 3.8) is 0 Å². The van der Waals surface area contributed by atoms with E-state index >= 15 is 0 Å². The number of carboxylic acid groups (broad SMARTS) is 1. The largest absolute Gasteiger partial charge is 0.477 e. The molecule has 0 unspecified atom stereocenters. The fourth-order valence-electron chi connectivity index (χ4n) is 0.937. The number of hydrazone groups is 1. The molecule has 4 heteroatoms. The first-order valence-electron chi connectivity index (χ1n) is 4.79. The van der Waals surface area contributed by atoms with E-state index in [-0.39, 0.29) is 5.71 Å². The van der Waals surface area contributed by atoms with Crippen LogP contribution < -0.4 is 5.43 Å². The lowest BCUT2D eigenvalue weighted by Gasteiger charge is -2.01. The van der Waals surface area contributed by atoms with E-state index in [2.05, 4.69) is 10.5 Å². The Kier molecular flexibility index (Phi) is 3.73. The summed E-state index contributed by atoms with van der Waals surface area (Å²) in [5, 5.41) is 12.7. The minimum atomic E-state index is -0.901. The number of unbranched alkanes of at least 4 members (excludes halogenated alkanes) is 1. The third-order valence-electron chi connectivity index (χ3n) is 1.97. The molecule has 1 fully saturated rings. The molecular weight excluding hydrogens is 168 g/mol. The first-order chi connectivity index (χ1) is 6.24. The summed E-state index contributed by atoms with van der Waals surface area (Å²) in [5.41, 5.74) is 3.11. The molecule has 0 spiro atoms. The lowest BCUT2D eigenvalue weighted by Crippen LogP contribution is -2.19. The second-order valence-electron chi connectivity index (χ2n) is 3.37. The van der Waals surface area contributed by atoms with Gasteiger partial charge in [0.15, 0.2) is 0 Å². The minimum absolute atomic E-state index is 0.258. The highest BCUT2D eigenvalue weighted by Gasteiger charge is 2.21. The molecule has 0 aromatic rings. The first-order valence-corrected chi connectivity index (χ1v) is 4.79. The standard InChI is InChI=1S/C9H16N2O2/c1-2-3-4-8(9(12)13)11-10-7-5-6-7/h7,10H,2-6H2,1H3,(H,12,13)/b11-8+. The van der Waals surface area contributed by atoms with Gasteiger partial charge in [0.1, 0.15) is 5.71 Å². The van der Waals surface area contributed by atoms with Gasteiger partial charge in [-0.25, -0.2) is 4.79 Å². The number of nitrogens with zero attached hydrogens (tertiary/aromatic N) is 1. The van der Waals surface area contributed by atoms with Crippen LogP contribution in [0.5, 0.6) is 0 Å². The van der Waals surface area contributed by atoms with E-state index < -0.39 is 5.97 Å². The molecule has 1 aliphatic rings. The van der Waals surface area contributed by atoms with E-state index in [0.717, 1.165) is 25.7 Å². The van der Waals surface area contributed by atoms with Gasteiger partial charge in [-0.2, -0.15) is 5.10 Å². The van der Waals surface area contributed by atoms with Crippen LogP contribution in [0.2, 0.25) is 0 Å². The highest BCUT2D eigenvalue weighted by atomic mass is 16.4. The van der Waals surface area contributed by atoms with E-state index in [4.69, 9.17) is 5.11 Å². The lowest BCUT2D eigenvalue weighted by atomic mass is 10.2. The Labute approximate surface area is 78.0 Å². The monoisotopic (exact) mass is 184 g/mol. The smallest absolute Gasteiger partial charge is 0.352 e. The quantitative estimate of drug-likeness (QED) is 0.484. The lowest BCUT2D eigenvalue weighted by molar-refractivity contribution is -0.129. The van der Waals surface area contributed by atoms with Gasteiger partial charge in [0.2, 0.25) is 0 Å². The van der Waals surface area contributed by atoms with Gasteiger partial charge in [0, 0.05) is 6.04 Å². The molecule has 0 aromatic carbocycles. The molecule has 0 radical (unpaired) electrons. The number of hydrogen-bond donors (Lipinski definition) is 2. The van der Waals surface area contributed by atoms with E-state index in [1.165, 1.54) is 0 Å². The zero-order chi connectivity index (χ0) is 9.68. The normalized spacial score (nSPS) is 17.2. The predicted octanol–water partition coefficient (Wildman–Crippen LogP) is 1.37. The van der Waals surface area contributed by atoms with E-state index in [1.807, 2.05) is 6.92 Å². The fourth-order valence-corrected chi connectivity index (χ4v) is 0.937. The van der Waals surface area contributed by atoms with Crippen molar-refractivity contribution in [3.05, 3.63) is 0 Å². The maximum absolute atomic E-state index is 10.7. The number of carbonyl (C=O) groups is 1. The molecule has 0 heterocycles. The maximum Gasteiger partial charge on any atom is 0.352 e. The molecule has 13 heavy (non-hydrogen) atoms. The summed E-state index contributed by atoms with van der Waals surface area (Å²) in [4.78, 5) is 10.7. The number of hydrogen-bond acceptors (Lipinski definition) is 3. The average molecular weight is 184 g/mol. The summed E-state index contributed by atoms with van der Waals surface area (Å²) in [5.74, 6) is -0.901. The van der Waals surface area contributed by atoms with Gasteiger partial charge in [-0.15, -0.1) is 0 Å². The molecule has 0 saturated heterocycles. The van der Waals surface area contributed by atoms with Crippen molar-refractivity contribution in [2.75, 3.05) is 0 Å². The highest BCUT2D eigenvalue weighted by Crippen LogP contribution is 2.18. The summed E-state index contributed by atoms with van der Waals surface area (Å²) in [6, 6.07) is 0.427. The molecular formula is C9H16N2O2. The summed E-state index contributed by atoms with van der Waals surface area (Å²) in [6.07, 6.45) is 4.67. The number of rotatable bonds is 6. The first kappa shape index (κ1) is 10.0. The molecule has 0 aliphatic heterocycles. The van der Waals surface area contributed by atoms with Crippen molar-refractivity contribution in [1.29, 1.82) is 0 Å². The van der Waals surface area contributed by atoms with Gasteiger partial charge in [-0.05, 0) is 25.7 Å². The van der Waals surface area contributed by atoms with Crippen LogP contribution >= 0.6 is 0 Å². The van der Waals surface area contributed by atoms with E-state index in [0.29, 0.717) is 12.5 Å². The van der Waals surface area contributed by atoms with Crippen molar-refractivity contribution in [2.24, 2.45) is 5.10 Å². The molecule has 0 atom stereocenters. The third kappa shape index (κ3) is 3.92.